The Morgan fingerprint density at radius 2 is 1.79 bits per heavy atom. The number of carbonyl (C=O) groups is 1. The van der Waals surface area contributed by atoms with E-state index in [0.717, 1.165) is 4.68 Å². The molecule has 0 radical (unpaired) electrons. The molecule has 24 heavy (non-hydrogen) atoms. The summed E-state index contributed by atoms with van der Waals surface area (Å²) in [6.07, 6.45) is 4.62. The molecule has 0 spiro atoms. The highest BCUT2D eigenvalue weighted by molar-refractivity contribution is 6.41. The summed E-state index contributed by atoms with van der Waals surface area (Å²) in [4.78, 5) is 36.4. The predicted molar refractivity (Wildman–Crippen MR) is 89.3 cm³/mol. The van der Waals surface area contributed by atoms with Gasteiger partial charge in [0.05, 0.1) is 11.2 Å². The van der Waals surface area contributed by atoms with Crippen LogP contribution in [-0.2, 0) is 11.3 Å². The molecule has 0 aliphatic carbocycles. The maximum atomic E-state index is 12.4. The highest BCUT2D eigenvalue weighted by Gasteiger charge is 2.23. The molecule has 2 aromatic heterocycles. The number of hydrogen-bond donors (Lipinski definition) is 0. The van der Waals surface area contributed by atoms with Crippen LogP contribution in [0.15, 0.2) is 29.5 Å². The molecule has 10 heteroatoms. The van der Waals surface area contributed by atoms with Crippen LogP contribution in [0.1, 0.15) is 0 Å². The Balaban J connectivity index is 1.62. The predicted octanol–water partition coefficient (Wildman–Crippen LogP) is 0.689. The quantitative estimate of drug-likeness (QED) is 0.792. The fourth-order valence-corrected chi connectivity index (χ4v) is 2.67. The summed E-state index contributed by atoms with van der Waals surface area (Å²) >= 11 is 11.5. The van der Waals surface area contributed by atoms with E-state index in [4.69, 9.17) is 23.2 Å². The first-order valence-electron chi connectivity index (χ1n) is 7.27. The van der Waals surface area contributed by atoms with Gasteiger partial charge in [-0.15, -0.1) is 0 Å². The van der Waals surface area contributed by atoms with Crippen LogP contribution in [0, 0.1) is 0 Å². The second-order valence-electron chi connectivity index (χ2n) is 5.19. The van der Waals surface area contributed by atoms with Gasteiger partial charge in [0.25, 0.3) is 5.56 Å². The van der Waals surface area contributed by atoms with E-state index in [-0.39, 0.29) is 22.5 Å². The number of hydrogen-bond acceptors (Lipinski definition) is 6. The molecule has 1 amide bonds. The Hall–Kier alpha value is -2.19. The van der Waals surface area contributed by atoms with Gasteiger partial charge < -0.3 is 9.80 Å². The lowest BCUT2D eigenvalue weighted by Crippen LogP contribution is -2.50. The van der Waals surface area contributed by atoms with Crippen molar-refractivity contribution in [3.05, 3.63) is 45.1 Å². The summed E-state index contributed by atoms with van der Waals surface area (Å²) in [6.45, 7) is 2.12. The zero-order chi connectivity index (χ0) is 17.1. The first kappa shape index (κ1) is 16.7. The summed E-state index contributed by atoms with van der Waals surface area (Å²) < 4.78 is 1.02. The maximum absolute atomic E-state index is 12.4. The van der Waals surface area contributed by atoms with Crippen LogP contribution in [0.25, 0.3) is 0 Å². The lowest BCUT2D eigenvalue weighted by atomic mass is 10.3. The van der Waals surface area contributed by atoms with Crippen LogP contribution in [0.3, 0.4) is 0 Å². The van der Waals surface area contributed by atoms with Crippen LogP contribution in [0.5, 0.6) is 0 Å². The first-order chi connectivity index (χ1) is 11.6. The lowest BCUT2D eigenvalue weighted by molar-refractivity contribution is -0.132. The van der Waals surface area contributed by atoms with Gasteiger partial charge in [0, 0.05) is 38.6 Å². The van der Waals surface area contributed by atoms with Crippen molar-refractivity contribution in [1.29, 1.82) is 0 Å². The minimum atomic E-state index is -0.575. The molecular weight excluding hydrogens is 355 g/mol. The van der Waals surface area contributed by atoms with E-state index in [1.54, 1.807) is 23.4 Å². The van der Waals surface area contributed by atoms with Gasteiger partial charge in [-0.1, -0.05) is 23.2 Å². The second kappa shape index (κ2) is 7.14. The summed E-state index contributed by atoms with van der Waals surface area (Å²) in [5, 5.41) is 3.78. The van der Waals surface area contributed by atoms with E-state index >= 15 is 0 Å². The van der Waals surface area contributed by atoms with E-state index in [1.807, 2.05) is 4.90 Å². The molecule has 0 N–H and O–H groups in total. The van der Waals surface area contributed by atoms with Gasteiger partial charge in [-0.3, -0.25) is 9.59 Å². The molecule has 0 unspecified atom stereocenters. The third kappa shape index (κ3) is 3.49. The highest BCUT2D eigenvalue weighted by Crippen LogP contribution is 2.15. The average Bonchev–Trinajstić information content (AvgIpc) is 2.63. The number of halogens is 2. The van der Waals surface area contributed by atoms with Crippen LogP contribution >= 0.6 is 23.2 Å². The molecule has 8 nitrogen and oxygen atoms in total. The average molecular weight is 369 g/mol. The second-order valence-corrected chi connectivity index (χ2v) is 5.97. The van der Waals surface area contributed by atoms with Gasteiger partial charge in [0.2, 0.25) is 11.9 Å². The Bertz CT molecular complexity index is 790. The minimum absolute atomic E-state index is 0.0711. The standard InChI is InChI=1S/C14H14Cl2N6O2/c15-10-8-19-22(13(24)12(10)16)9-11(23)20-4-6-21(7-5-20)14-17-2-1-3-18-14/h1-3,8H,4-7,9H2. The largest absolute Gasteiger partial charge is 0.338 e. The van der Waals surface area contributed by atoms with Crippen LogP contribution in [-0.4, -0.2) is 56.7 Å². The van der Waals surface area contributed by atoms with Gasteiger partial charge in [-0.2, -0.15) is 5.10 Å². The molecule has 3 heterocycles. The first-order valence-corrected chi connectivity index (χ1v) is 8.02. The normalized spacial score (nSPS) is 14.8. The fourth-order valence-electron chi connectivity index (χ4n) is 2.40. The smallest absolute Gasteiger partial charge is 0.287 e. The number of carbonyl (C=O) groups excluding carboxylic acids is 1. The van der Waals surface area contributed by atoms with Crippen molar-refractivity contribution >= 4 is 35.1 Å². The summed E-state index contributed by atoms with van der Waals surface area (Å²) in [5.74, 6) is 0.448. The maximum Gasteiger partial charge on any atom is 0.287 e. The third-order valence-corrected chi connectivity index (χ3v) is 4.44. The Kier molecular flexibility index (Phi) is 4.96. The minimum Gasteiger partial charge on any atom is -0.338 e. The van der Waals surface area contributed by atoms with E-state index in [2.05, 4.69) is 15.1 Å². The number of amides is 1. The molecule has 1 aliphatic rings. The van der Waals surface area contributed by atoms with Crippen molar-refractivity contribution in [2.45, 2.75) is 6.54 Å². The molecular formula is C14H14Cl2N6O2. The lowest BCUT2D eigenvalue weighted by Gasteiger charge is -2.34. The van der Waals surface area contributed by atoms with Crippen LogP contribution < -0.4 is 10.5 Å². The van der Waals surface area contributed by atoms with Gasteiger partial charge in [0.15, 0.2) is 0 Å². The number of rotatable bonds is 3. The molecule has 1 fully saturated rings. The molecule has 3 rings (SSSR count). The van der Waals surface area contributed by atoms with Crippen LogP contribution in [0.2, 0.25) is 10.0 Å². The molecule has 0 aromatic carbocycles. The van der Waals surface area contributed by atoms with Gasteiger partial charge in [-0.05, 0) is 6.07 Å². The Morgan fingerprint density at radius 3 is 2.46 bits per heavy atom. The third-order valence-electron chi connectivity index (χ3n) is 3.69. The van der Waals surface area contributed by atoms with Crippen molar-refractivity contribution in [3.8, 4) is 0 Å². The molecule has 0 atom stereocenters. The zero-order valence-corrected chi connectivity index (χ0v) is 14.1. The SMILES string of the molecule is O=C(Cn1ncc(Cl)c(Cl)c1=O)N1CCN(c2ncccn2)CC1. The summed E-state index contributed by atoms with van der Waals surface area (Å²) in [6, 6.07) is 1.76. The van der Waals surface area contributed by atoms with Gasteiger partial charge in [0.1, 0.15) is 11.6 Å². The van der Waals surface area contributed by atoms with E-state index in [0.29, 0.717) is 32.1 Å². The van der Waals surface area contributed by atoms with E-state index < -0.39 is 5.56 Å². The molecule has 2 aromatic rings. The number of nitrogens with zero attached hydrogens (tertiary/aromatic N) is 6. The van der Waals surface area contributed by atoms with Crippen molar-refractivity contribution in [2.75, 3.05) is 31.1 Å². The highest BCUT2D eigenvalue weighted by atomic mass is 35.5. The van der Waals surface area contributed by atoms with Crippen LogP contribution in [0.4, 0.5) is 5.95 Å². The number of aromatic nitrogens is 4. The molecule has 0 bridgehead atoms. The molecule has 1 aliphatic heterocycles. The molecule has 126 valence electrons. The van der Waals surface area contributed by atoms with Gasteiger partial charge >= 0.3 is 0 Å². The number of anilines is 1. The Labute approximate surface area is 147 Å². The number of piperazine rings is 1. The monoisotopic (exact) mass is 368 g/mol. The van der Waals surface area contributed by atoms with E-state index in [1.165, 1.54) is 6.20 Å². The Morgan fingerprint density at radius 1 is 1.12 bits per heavy atom. The van der Waals surface area contributed by atoms with Gasteiger partial charge in [-0.25, -0.2) is 14.6 Å². The van der Waals surface area contributed by atoms with Crippen molar-refractivity contribution < 1.29 is 4.79 Å². The van der Waals surface area contributed by atoms with Crippen molar-refractivity contribution in [2.24, 2.45) is 0 Å². The zero-order valence-electron chi connectivity index (χ0n) is 12.6. The van der Waals surface area contributed by atoms with Crippen molar-refractivity contribution in [3.63, 3.8) is 0 Å². The summed E-state index contributed by atoms with van der Waals surface area (Å²) in [7, 11) is 0. The molecule has 1 saturated heterocycles. The van der Waals surface area contributed by atoms with E-state index in [9.17, 15) is 9.59 Å². The fraction of sp³-hybridized carbons (Fsp3) is 0.357. The topological polar surface area (TPSA) is 84.2 Å². The molecule has 0 saturated carbocycles. The van der Waals surface area contributed by atoms with Crippen molar-refractivity contribution in [1.82, 2.24) is 24.6 Å². The summed E-state index contributed by atoms with van der Waals surface area (Å²) in [5.41, 5.74) is -0.575.